The fourth-order valence-electron chi connectivity index (χ4n) is 2.68. The van der Waals surface area contributed by atoms with Crippen LogP contribution in [0.15, 0.2) is 48.5 Å². The number of nitrogens with zero attached hydrogens (tertiary/aromatic N) is 1. The Morgan fingerprint density at radius 1 is 1.00 bits per heavy atom. The van der Waals surface area contributed by atoms with Gasteiger partial charge < -0.3 is 10.2 Å². The summed E-state index contributed by atoms with van der Waals surface area (Å²) >= 11 is 0. The second-order valence-electron chi connectivity index (χ2n) is 5.45. The molecule has 0 amide bonds. The highest BCUT2D eigenvalue weighted by Gasteiger charge is 2.09. The largest absolute Gasteiger partial charge is 0.342 e. The highest BCUT2D eigenvalue weighted by molar-refractivity contribution is 5.64. The van der Waals surface area contributed by atoms with Crippen molar-refractivity contribution in [3.05, 3.63) is 59.7 Å². The van der Waals surface area contributed by atoms with E-state index in [1.807, 2.05) is 0 Å². The second kappa shape index (κ2) is 7.28. The number of anilines is 2. The van der Waals surface area contributed by atoms with Gasteiger partial charge in [-0.25, -0.2) is 0 Å². The molecular weight excluding hydrogens is 256 g/mol. The van der Waals surface area contributed by atoms with E-state index in [-0.39, 0.29) is 0 Å². The molecule has 0 aliphatic rings. The van der Waals surface area contributed by atoms with Crippen molar-refractivity contribution in [2.24, 2.45) is 0 Å². The molecule has 0 saturated heterocycles. The SMILES string of the molecule is CCNC(C)c1ccc(N(CC)c2cccc(C)c2)cc1. The lowest BCUT2D eigenvalue weighted by Gasteiger charge is -2.24. The Hall–Kier alpha value is -1.80. The minimum absolute atomic E-state index is 0.401. The van der Waals surface area contributed by atoms with Crippen LogP contribution >= 0.6 is 0 Å². The van der Waals surface area contributed by atoms with Crippen molar-refractivity contribution in [2.45, 2.75) is 33.7 Å². The van der Waals surface area contributed by atoms with E-state index in [9.17, 15) is 0 Å². The van der Waals surface area contributed by atoms with Crippen molar-refractivity contribution in [1.82, 2.24) is 5.32 Å². The summed E-state index contributed by atoms with van der Waals surface area (Å²) in [4.78, 5) is 2.34. The molecule has 0 aliphatic heterocycles. The maximum atomic E-state index is 3.45. The topological polar surface area (TPSA) is 15.3 Å². The fourth-order valence-corrected chi connectivity index (χ4v) is 2.68. The summed E-state index contributed by atoms with van der Waals surface area (Å²) < 4.78 is 0. The number of aryl methyl sites for hydroxylation is 1. The molecule has 2 aromatic carbocycles. The van der Waals surface area contributed by atoms with E-state index in [0.717, 1.165) is 13.1 Å². The van der Waals surface area contributed by atoms with Gasteiger partial charge in [0.25, 0.3) is 0 Å². The van der Waals surface area contributed by atoms with Crippen LogP contribution in [0.1, 0.15) is 37.9 Å². The predicted octanol–water partition coefficient (Wildman–Crippen LogP) is 4.82. The number of nitrogens with one attached hydrogen (secondary N) is 1. The summed E-state index contributed by atoms with van der Waals surface area (Å²) in [5, 5.41) is 3.45. The summed E-state index contributed by atoms with van der Waals surface area (Å²) in [5.41, 5.74) is 5.13. The van der Waals surface area contributed by atoms with Gasteiger partial charge in [-0.15, -0.1) is 0 Å². The van der Waals surface area contributed by atoms with Crippen molar-refractivity contribution in [3.63, 3.8) is 0 Å². The standard InChI is InChI=1S/C19H26N2/c1-5-20-16(4)17-10-12-18(13-11-17)21(6-2)19-9-7-8-15(3)14-19/h7-14,16,20H,5-6H2,1-4H3. The summed E-state index contributed by atoms with van der Waals surface area (Å²) in [5.74, 6) is 0. The van der Waals surface area contributed by atoms with Crippen molar-refractivity contribution in [1.29, 1.82) is 0 Å². The van der Waals surface area contributed by atoms with Crippen LogP contribution < -0.4 is 10.2 Å². The van der Waals surface area contributed by atoms with Crippen molar-refractivity contribution < 1.29 is 0 Å². The van der Waals surface area contributed by atoms with Crippen molar-refractivity contribution in [3.8, 4) is 0 Å². The Morgan fingerprint density at radius 3 is 2.29 bits per heavy atom. The third-order valence-corrected chi connectivity index (χ3v) is 3.84. The first kappa shape index (κ1) is 15.6. The Balaban J connectivity index is 2.23. The van der Waals surface area contributed by atoms with E-state index in [2.05, 4.69) is 86.4 Å². The third kappa shape index (κ3) is 3.85. The van der Waals surface area contributed by atoms with E-state index in [1.165, 1.54) is 22.5 Å². The molecule has 21 heavy (non-hydrogen) atoms. The average Bonchev–Trinajstić information content (AvgIpc) is 2.49. The Morgan fingerprint density at radius 2 is 1.71 bits per heavy atom. The van der Waals surface area contributed by atoms with Crippen LogP contribution in [0.3, 0.4) is 0 Å². The molecule has 0 fully saturated rings. The molecule has 2 nitrogen and oxygen atoms in total. The first-order valence-electron chi connectivity index (χ1n) is 7.83. The molecule has 1 N–H and O–H groups in total. The van der Waals surface area contributed by atoms with Gasteiger partial charge in [0.15, 0.2) is 0 Å². The van der Waals surface area contributed by atoms with E-state index in [1.54, 1.807) is 0 Å². The summed E-state index contributed by atoms with van der Waals surface area (Å²) in [6.07, 6.45) is 0. The predicted molar refractivity (Wildman–Crippen MR) is 92.4 cm³/mol. The van der Waals surface area contributed by atoms with Gasteiger partial charge in [-0.2, -0.15) is 0 Å². The van der Waals surface area contributed by atoms with Gasteiger partial charge in [0.2, 0.25) is 0 Å². The normalized spacial score (nSPS) is 12.2. The third-order valence-electron chi connectivity index (χ3n) is 3.84. The molecule has 112 valence electrons. The van der Waals surface area contributed by atoms with Gasteiger partial charge in [-0.05, 0) is 62.7 Å². The smallest absolute Gasteiger partial charge is 0.0413 e. The van der Waals surface area contributed by atoms with Gasteiger partial charge in [0.1, 0.15) is 0 Å². The lowest BCUT2D eigenvalue weighted by molar-refractivity contribution is 0.598. The quantitative estimate of drug-likeness (QED) is 0.817. The average molecular weight is 282 g/mol. The second-order valence-corrected chi connectivity index (χ2v) is 5.45. The van der Waals surface area contributed by atoms with Crippen LogP contribution in [0.25, 0.3) is 0 Å². The van der Waals surface area contributed by atoms with Crippen molar-refractivity contribution in [2.75, 3.05) is 18.0 Å². The Kier molecular flexibility index (Phi) is 5.40. The minimum atomic E-state index is 0.401. The van der Waals surface area contributed by atoms with E-state index < -0.39 is 0 Å². The molecule has 0 saturated carbocycles. The molecule has 0 heterocycles. The lowest BCUT2D eigenvalue weighted by Crippen LogP contribution is -2.18. The minimum Gasteiger partial charge on any atom is -0.342 e. The van der Waals surface area contributed by atoms with E-state index in [0.29, 0.717) is 6.04 Å². The van der Waals surface area contributed by atoms with Crippen LogP contribution in [0.2, 0.25) is 0 Å². The summed E-state index contributed by atoms with van der Waals surface area (Å²) in [7, 11) is 0. The van der Waals surface area contributed by atoms with Crippen LogP contribution in [0.5, 0.6) is 0 Å². The number of rotatable bonds is 6. The molecule has 1 atom stereocenters. The number of benzene rings is 2. The van der Waals surface area contributed by atoms with Gasteiger partial charge in [-0.3, -0.25) is 0 Å². The molecule has 0 aliphatic carbocycles. The maximum Gasteiger partial charge on any atom is 0.0413 e. The highest BCUT2D eigenvalue weighted by atomic mass is 15.1. The molecule has 0 bridgehead atoms. The molecular formula is C19H26N2. The van der Waals surface area contributed by atoms with Gasteiger partial charge in [0.05, 0.1) is 0 Å². The number of hydrogen-bond donors (Lipinski definition) is 1. The molecule has 1 unspecified atom stereocenters. The van der Waals surface area contributed by atoms with E-state index in [4.69, 9.17) is 0 Å². The van der Waals surface area contributed by atoms with Crippen LogP contribution in [-0.2, 0) is 0 Å². The zero-order valence-electron chi connectivity index (χ0n) is 13.6. The Labute approximate surface area is 128 Å². The maximum absolute atomic E-state index is 3.45. The van der Waals surface area contributed by atoms with Crippen molar-refractivity contribution >= 4 is 11.4 Å². The molecule has 0 spiro atoms. The first-order chi connectivity index (χ1) is 10.2. The van der Waals surface area contributed by atoms with Crippen LogP contribution in [0.4, 0.5) is 11.4 Å². The monoisotopic (exact) mass is 282 g/mol. The summed E-state index contributed by atoms with van der Waals surface area (Å²) in [6, 6.07) is 17.9. The van der Waals surface area contributed by atoms with Gasteiger partial charge >= 0.3 is 0 Å². The van der Waals surface area contributed by atoms with Gasteiger partial charge in [-0.1, -0.05) is 31.2 Å². The molecule has 0 radical (unpaired) electrons. The first-order valence-corrected chi connectivity index (χ1v) is 7.83. The molecule has 2 heteroatoms. The van der Waals surface area contributed by atoms with Crippen LogP contribution in [-0.4, -0.2) is 13.1 Å². The zero-order valence-corrected chi connectivity index (χ0v) is 13.6. The lowest BCUT2D eigenvalue weighted by atomic mass is 10.1. The molecule has 2 rings (SSSR count). The molecule has 2 aromatic rings. The highest BCUT2D eigenvalue weighted by Crippen LogP contribution is 2.27. The van der Waals surface area contributed by atoms with E-state index >= 15 is 0 Å². The van der Waals surface area contributed by atoms with Crippen LogP contribution in [0, 0.1) is 6.92 Å². The fraction of sp³-hybridized carbons (Fsp3) is 0.368. The Bertz CT molecular complexity index is 560. The van der Waals surface area contributed by atoms with Gasteiger partial charge in [0, 0.05) is 24.0 Å². The number of hydrogen-bond acceptors (Lipinski definition) is 2. The zero-order chi connectivity index (χ0) is 15.2. The summed E-state index contributed by atoms with van der Waals surface area (Å²) in [6.45, 7) is 10.6. The molecule has 0 aromatic heterocycles.